The van der Waals surface area contributed by atoms with Crippen LogP contribution >= 0.6 is 0 Å². The fraction of sp³-hybridized carbons (Fsp3) is 0.762. The SMILES string of the molecule is C#C[C@]1(O)CC[C@@H]2[C@@H]3CCC4=CC(=NO)CC[C@@H]4[C@@H]3CC[C@@]21CC. The zero-order valence-electron chi connectivity index (χ0n) is 14.7. The molecule has 0 saturated heterocycles. The molecule has 2 N–H and O–H groups in total. The van der Waals surface area contributed by atoms with Crippen molar-refractivity contribution in [2.45, 2.75) is 70.3 Å². The van der Waals surface area contributed by atoms with Crippen molar-refractivity contribution >= 4 is 5.71 Å². The Kier molecular flexibility index (Phi) is 3.80. The molecule has 0 unspecified atom stereocenters. The van der Waals surface area contributed by atoms with E-state index in [0.29, 0.717) is 17.8 Å². The molecule has 0 spiro atoms. The second kappa shape index (κ2) is 5.63. The van der Waals surface area contributed by atoms with Gasteiger partial charge in [0.15, 0.2) is 0 Å². The summed E-state index contributed by atoms with van der Waals surface area (Å²) in [6, 6.07) is 0. The Hall–Kier alpha value is -1.27. The van der Waals surface area contributed by atoms with Gasteiger partial charge in [0.1, 0.15) is 5.60 Å². The number of terminal acetylenes is 1. The van der Waals surface area contributed by atoms with Gasteiger partial charge >= 0.3 is 0 Å². The first kappa shape index (κ1) is 16.2. The topological polar surface area (TPSA) is 52.8 Å². The number of fused-ring (bicyclic) bond motifs is 5. The highest BCUT2D eigenvalue weighted by atomic mass is 16.4. The molecule has 0 heterocycles. The van der Waals surface area contributed by atoms with Crippen molar-refractivity contribution < 1.29 is 10.3 Å². The summed E-state index contributed by atoms with van der Waals surface area (Å²) >= 11 is 0. The highest BCUT2D eigenvalue weighted by Crippen LogP contribution is 2.66. The molecule has 3 nitrogen and oxygen atoms in total. The van der Waals surface area contributed by atoms with E-state index in [-0.39, 0.29) is 5.41 Å². The molecule has 0 radical (unpaired) electrons. The maximum absolute atomic E-state index is 11.1. The van der Waals surface area contributed by atoms with Gasteiger partial charge in [-0.3, -0.25) is 0 Å². The lowest BCUT2D eigenvalue weighted by Gasteiger charge is -2.56. The Labute approximate surface area is 145 Å². The van der Waals surface area contributed by atoms with Gasteiger partial charge in [-0.2, -0.15) is 0 Å². The number of oxime groups is 1. The average Bonchev–Trinajstić information content (AvgIpc) is 2.94. The number of nitrogens with zero attached hydrogens (tertiary/aromatic N) is 1. The molecule has 0 aromatic carbocycles. The van der Waals surface area contributed by atoms with Crippen LogP contribution in [0.1, 0.15) is 64.7 Å². The van der Waals surface area contributed by atoms with E-state index in [1.807, 2.05) is 0 Å². The third-order valence-corrected chi connectivity index (χ3v) is 8.16. The molecular weight excluding hydrogens is 298 g/mol. The molecule has 4 rings (SSSR count). The molecule has 0 amide bonds. The summed E-state index contributed by atoms with van der Waals surface area (Å²) in [6.07, 6.45) is 17.4. The van der Waals surface area contributed by atoms with Crippen LogP contribution in [0.5, 0.6) is 0 Å². The van der Waals surface area contributed by atoms with Crippen molar-refractivity contribution in [3.8, 4) is 12.3 Å². The number of aliphatic hydroxyl groups is 1. The largest absolute Gasteiger partial charge is 0.411 e. The van der Waals surface area contributed by atoms with Gasteiger partial charge in [-0.05, 0) is 87.5 Å². The summed E-state index contributed by atoms with van der Waals surface area (Å²) in [5.41, 5.74) is 1.40. The molecule has 24 heavy (non-hydrogen) atoms. The van der Waals surface area contributed by atoms with Gasteiger partial charge in [-0.1, -0.05) is 23.6 Å². The zero-order valence-corrected chi connectivity index (χ0v) is 14.7. The molecule has 3 fully saturated rings. The maximum Gasteiger partial charge on any atom is 0.131 e. The van der Waals surface area contributed by atoms with Crippen LogP contribution in [0.15, 0.2) is 16.8 Å². The monoisotopic (exact) mass is 327 g/mol. The van der Waals surface area contributed by atoms with E-state index in [1.54, 1.807) is 0 Å². The summed E-state index contributed by atoms with van der Waals surface area (Å²) in [6.45, 7) is 2.22. The summed E-state index contributed by atoms with van der Waals surface area (Å²) in [4.78, 5) is 0. The quantitative estimate of drug-likeness (QED) is 0.432. The van der Waals surface area contributed by atoms with Crippen molar-refractivity contribution in [2.75, 3.05) is 0 Å². The van der Waals surface area contributed by atoms with E-state index in [4.69, 9.17) is 11.6 Å². The van der Waals surface area contributed by atoms with Crippen molar-refractivity contribution in [2.24, 2.45) is 34.2 Å². The second-order valence-corrected chi connectivity index (χ2v) is 8.52. The molecule has 3 saturated carbocycles. The predicted octanol–water partition coefficient (Wildman–Crippen LogP) is 4.14. The van der Waals surface area contributed by atoms with E-state index < -0.39 is 5.60 Å². The first-order valence-electron chi connectivity index (χ1n) is 9.70. The van der Waals surface area contributed by atoms with Crippen LogP contribution in [-0.4, -0.2) is 21.6 Å². The van der Waals surface area contributed by atoms with Gasteiger partial charge in [0, 0.05) is 5.41 Å². The van der Waals surface area contributed by atoms with Crippen LogP contribution < -0.4 is 0 Å². The first-order chi connectivity index (χ1) is 11.6. The van der Waals surface area contributed by atoms with Gasteiger partial charge in [0.05, 0.1) is 5.71 Å². The van der Waals surface area contributed by atoms with Gasteiger partial charge < -0.3 is 10.3 Å². The predicted molar refractivity (Wildman–Crippen MR) is 94.7 cm³/mol. The minimum atomic E-state index is -0.892. The van der Waals surface area contributed by atoms with E-state index >= 15 is 0 Å². The Morgan fingerprint density at radius 3 is 2.75 bits per heavy atom. The van der Waals surface area contributed by atoms with E-state index in [2.05, 4.69) is 24.1 Å². The highest BCUT2D eigenvalue weighted by Gasteiger charge is 2.63. The first-order valence-corrected chi connectivity index (χ1v) is 9.70. The van der Waals surface area contributed by atoms with Crippen LogP contribution in [0, 0.1) is 41.4 Å². The van der Waals surface area contributed by atoms with Crippen LogP contribution in [0.4, 0.5) is 0 Å². The molecular formula is C21H29NO2. The van der Waals surface area contributed by atoms with Gasteiger partial charge in [-0.15, -0.1) is 6.42 Å². The molecule has 4 aliphatic rings. The van der Waals surface area contributed by atoms with E-state index in [0.717, 1.165) is 56.6 Å². The summed E-state index contributed by atoms with van der Waals surface area (Å²) in [7, 11) is 0. The maximum atomic E-state index is 11.1. The second-order valence-electron chi connectivity index (χ2n) is 8.52. The van der Waals surface area contributed by atoms with Crippen LogP contribution in [0.3, 0.4) is 0 Å². The molecule has 3 heteroatoms. The molecule has 0 aromatic heterocycles. The summed E-state index contributed by atoms with van der Waals surface area (Å²) in [5, 5.41) is 23.7. The van der Waals surface area contributed by atoms with Gasteiger partial charge in [0.25, 0.3) is 0 Å². The smallest absolute Gasteiger partial charge is 0.131 e. The Balaban J connectivity index is 1.65. The average molecular weight is 327 g/mol. The van der Waals surface area contributed by atoms with Crippen LogP contribution in [0.2, 0.25) is 0 Å². The van der Waals surface area contributed by atoms with Crippen LogP contribution in [0.25, 0.3) is 0 Å². The number of hydrogen-bond acceptors (Lipinski definition) is 3. The van der Waals surface area contributed by atoms with Crippen LogP contribution in [-0.2, 0) is 0 Å². The lowest BCUT2D eigenvalue weighted by atomic mass is 9.49. The fourth-order valence-corrected chi connectivity index (χ4v) is 7.05. The third kappa shape index (κ3) is 1.99. The highest BCUT2D eigenvalue weighted by molar-refractivity contribution is 5.96. The normalized spacial score (nSPS) is 48.9. The minimum Gasteiger partial charge on any atom is -0.411 e. The van der Waals surface area contributed by atoms with Gasteiger partial charge in [0.2, 0.25) is 0 Å². The van der Waals surface area contributed by atoms with Crippen molar-refractivity contribution in [3.05, 3.63) is 11.6 Å². The fourth-order valence-electron chi connectivity index (χ4n) is 7.05. The zero-order chi connectivity index (χ0) is 16.9. The lowest BCUT2D eigenvalue weighted by Crippen LogP contribution is -2.53. The van der Waals surface area contributed by atoms with Gasteiger partial charge in [-0.25, -0.2) is 0 Å². The van der Waals surface area contributed by atoms with E-state index in [9.17, 15) is 5.11 Å². The lowest BCUT2D eigenvalue weighted by molar-refractivity contribution is -0.0989. The van der Waals surface area contributed by atoms with Crippen molar-refractivity contribution in [1.29, 1.82) is 0 Å². The van der Waals surface area contributed by atoms with Crippen molar-refractivity contribution in [3.63, 3.8) is 0 Å². The molecule has 0 aromatic rings. The Morgan fingerprint density at radius 1 is 1.21 bits per heavy atom. The summed E-state index contributed by atoms with van der Waals surface area (Å²) < 4.78 is 0. The van der Waals surface area contributed by atoms with E-state index in [1.165, 1.54) is 18.4 Å². The molecule has 0 bridgehead atoms. The number of rotatable bonds is 1. The molecule has 130 valence electrons. The molecule has 0 aliphatic heterocycles. The molecule has 4 aliphatic carbocycles. The standard InChI is InChI=1S/C21H29NO2/c1-3-20-11-9-17-16-8-6-15(22-24)13-14(16)5-7-18(17)19(20)10-12-21(20,23)4-2/h2,13,16-19,23-24H,3,5-12H2,1H3/t16-,17-,18+,19+,20-,21-/m0/s1. The third-order valence-electron chi connectivity index (χ3n) is 8.16. The Morgan fingerprint density at radius 2 is 2.04 bits per heavy atom. The minimum absolute atomic E-state index is 0.0590. The summed E-state index contributed by atoms with van der Waals surface area (Å²) in [5.74, 6) is 5.47. The molecule has 6 atom stereocenters. The Bertz CT molecular complexity index is 630. The number of allylic oxidation sites excluding steroid dienone is 2. The van der Waals surface area contributed by atoms with Crippen molar-refractivity contribution in [1.82, 2.24) is 0 Å². The number of hydrogen-bond donors (Lipinski definition) is 2.